The summed E-state index contributed by atoms with van der Waals surface area (Å²) in [7, 11) is -2.88. The number of benzene rings is 1. The van der Waals surface area contributed by atoms with Crippen molar-refractivity contribution in [2.75, 3.05) is 16.8 Å². The molecule has 1 fully saturated rings. The maximum Gasteiger partial charge on any atom is 0.152 e. The summed E-state index contributed by atoms with van der Waals surface area (Å²) in [6, 6.07) is 9.09. The lowest BCUT2D eigenvalue weighted by Crippen LogP contribution is -2.34. The van der Waals surface area contributed by atoms with Gasteiger partial charge in [0.15, 0.2) is 9.84 Å². The lowest BCUT2D eigenvalue weighted by atomic mass is 10.1. The van der Waals surface area contributed by atoms with Gasteiger partial charge >= 0.3 is 0 Å². The molecule has 0 radical (unpaired) electrons. The SMILES string of the molecule is N#Cc1ccc(NC2CCCS(=O)(=O)C2)cc1. The topological polar surface area (TPSA) is 70.0 Å². The number of anilines is 1. The van der Waals surface area contributed by atoms with Gasteiger partial charge in [-0.2, -0.15) is 5.26 Å². The first-order valence-corrected chi connectivity index (χ1v) is 7.38. The Balaban J connectivity index is 2.03. The fourth-order valence-corrected chi connectivity index (χ4v) is 3.65. The molecule has 0 amide bonds. The summed E-state index contributed by atoms with van der Waals surface area (Å²) in [5, 5.41) is 11.9. The minimum absolute atomic E-state index is 0.0123. The number of rotatable bonds is 2. The Morgan fingerprint density at radius 3 is 2.59 bits per heavy atom. The number of nitriles is 1. The van der Waals surface area contributed by atoms with Gasteiger partial charge in [-0.25, -0.2) is 8.42 Å². The molecule has 90 valence electrons. The van der Waals surface area contributed by atoms with Crippen LogP contribution in [-0.2, 0) is 9.84 Å². The van der Waals surface area contributed by atoms with E-state index in [0.717, 1.165) is 18.5 Å². The van der Waals surface area contributed by atoms with Crippen molar-refractivity contribution in [2.24, 2.45) is 0 Å². The third-order valence-electron chi connectivity index (χ3n) is 2.85. The van der Waals surface area contributed by atoms with Crippen LogP contribution in [0.15, 0.2) is 24.3 Å². The fourth-order valence-electron chi connectivity index (χ4n) is 2.01. The second-order valence-electron chi connectivity index (χ2n) is 4.29. The van der Waals surface area contributed by atoms with Crippen LogP contribution in [0.1, 0.15) is 18.4 Å². The fraction of sp³-hybridized carbons (Fsp3) is 0.417. The Morgan fingerprint density at radius 1 is 1.29 bits per heavy atom. The van der Waals surface area contributed by atoms with Gasteiger partial charge in [-0.3, -0.25) is 0 Å². The number of sulfone groups is 1. The zero-order chi connectivity index (χ0) is 12.3. The van der Waals surface area contributed by atoms with Crippen molar-refractivity contribution in [3.8, 4) is 6.07 Å². The van der Waals surface area contributed by atoms with Crippen molar-refractivity contribution in [1.29, 1.82) is 5.26 Å². The van der Waals surface area contributed by atoms with Crippen LogP contribution >= 0.6 is 0 Å². The quantitative estimate of drug-likeness (QED) is 0.864. The lowest BCUT2D eigenvalue weighted by Gasteiger charge is -2.23. The van der Waals surface area contributed by atoms with Crippen molar-refractivity contribution in [3.63, 3.8) is 0 Å². The van der Waals surface area contributed by atoms with E-state index in [1.807, 2.05) is 6.07 Å². The van der Waals surface area contributed by atoms with E-state index in [0.29, 0.717) is 11.3 Å². The van der Waals surface area contributed by atoms with Crippen LogP contribution < -0.4 is 5.32 Å². The molecule has 0 spiro atoms. The maximum absolute atomic E-state index is 11.5. The highest BCUT2D eigenvalue weighted by Gasteiger charge is 2.24. The van der Waals surface area contributed by atoms with E-state index in [1.165, 1.54) is 0 Å². The van der Waals surface area contributed by atoms with Crippen molar-refractivity contribution in [3.05, 3.63) is 29.8 Å². The van der Waals surface area contributed by atoms with Gasteiger partial charge in [-0.05, 0) is 37.1 Å². The van der Waals surface area contributed by atoms with E-state index < -0.39 is 9.84 Å². The normalized spacial score (nSPS) is 22.6. The molecule has 1 N–H and O–H groups in total. The minimum atomic E-state index is -2.88. The van der Waals surface area contributed by atoms with E-state index in [-0.39, 0.29) is 11.8 Å². The van der Waals surface area contributed by atoms with Gasteiger partial charge in [-0.1, -0.05) is 0 Å². The molecule has 5 heteroatoms. The predicted molar refractivity (Wildman–Crippen MR) is 66.5 cm³/mol. The summed E-state index contributed by atoms with van der Waals surface area (Å²) in [6.07, 6.45) is 1.59. The van der Waals surface area contributed by atoms with E-state index >= 15 is 0 Å². The van der Waals surface area contributed by atoms with Gasteiger partial charge in [0.05, 0.1) is 23.1 Å². The van der Waals surface area contributed by atoms with Crippen molar-refractivity contribution in [2.45, 2.75) is 18.9 Å². The Hall–Kier alpha value is -1.54. The minimum Gasteiger partial charge on any atom is -0.381 e. The molecule has 1 aliphatic rings. The molecule has 1 unspecified atom stereocenters. The Bertz CT molecular complexity index is 529. The van der Waals surface area contributed by atoms with Crippen molar-refractivity contribution < 1.29 is 8.42 Å². The third kappa shape index (κ3) is 3.21. The van der Waals surface area contributed by atoms with Crippen LogP contribution in [-0.4, -0.2) is 26.0 Å². The number of hydrogen-bond acceptors (Lipinski definition) is 4. The average Bonchev–Trinajstić information content (AvgIpc) is 2.29. The molecule has 0 bridgehead atoms. The molecule has 0 aromatic heterocycles. The van der Waals surface area contributed by atoms with Crippen LogP contribution in [0.25, 0.3) is 0 Å². The van der Waals surface area contributed by atoms with Gasteiger partial charge in [0, 0.05) is 11.7 Å². The van der Waals surface area contributed by atoms with Gasteiger partial charge in [0.1, 0.15) is 0 Å². The smallest absolute Gasteiger partial charge is 0.152 e. The standard InChI is InChI=1S/C12H14N2O2S/c13-8-10-3-5-11(6-4-10)14-12-2-1-7-17(15,16)9-12/h3-6,12,14H,1-2,7,9H2. The van der Waals surface area contributed by atoms with E-state index in [1.54, 1.807) is 24.3 Å². The van der Waals surface area contributed by atoms with Crippen LogP contribution in [0.4, 0.5) is 5.69 Å². The molecule has 1 aromatic carbocycles. The zero-order valence-corrected chi connectivity index (χ0v) is 10.2. The first-order chi connectivity index (χ1) is 8.09. The first-order valence-electron chi connectivity index (χ1n) is 5.56. The molecular weight excluding hydrogens is 236 g/mol. The van der Waals surface area contributed by atoms with Gasteiger partial charge in [-0.15, -0.1) is 0 Å². The third-order valence-corrected chi connectivity index (χ3v) is 4.67. The molecule has 1 saturated heterocycles. The Labute approximate surface area is 101 Å². The average molecular weight is 250 g/mol. The maximum atomic E-state index is 11.5. The largest absolute Gasteiger partial charge is 0.381 e. The summed E-state index contributed by atoms with van der Waals surface area (Å²) in [5.74, 6) is 0.506. The first kappa shape index (κ1) is 11.9. The summed E-state index contributed by atoms with van der Waals surface area (Å²) in [4.78, 5) is 0. The van der Waals surface area contributed by atoms with Crippen LogP contribution in [0.3, 0.4) is 0 Å². The molecular formula is C12H14N2O2S. The Morgan fingerprint density at radius 2 is 2.00 bits per heavy atom. The van der Waals surface area contributed by atoms with Crippen LogP contribution in [0.5, 0.6) is 0 Å². The molecule has 1 heterocycles. The number of hydrogen-bond donors (Lipinski definition) is 1. The highest BCUT2D eigenvalue weighted by Crippen LogP contribution is 2.17. The summed E-state index contributed by atoms with van der Waals surface area (Å²) in [5.41, 5.74) is 1.47. The van der Waals surface area contributed by atoms with E-state index in [9.17, 15) is 8.42 Å². The van der Waals surface area contributed by atoms with Crippen LogP contribution in [0.2, 0.25) is 0 Å². The summed E-state index contributed by atoms with van der Waals surface area (Å²) < 4.78 is 22.9. The molecule has 1 aromatic rings. The van der Waals surface area contributed by atoms with E-state index in [2.05, 4.69) is 5.32 Å². The molecule has 0 aliphatic carbocycles. The van der Waals surface area contributed by atoms with Gasteiger partial charge < -0.3 is 5.32 Å². The molecule has 17 heavy (non-hydrogen) atoms. The second-order valence-corrected chi connectivity index (χ2v) is 6.52. The monoisotopic (exact) mass is 250 g/mol. The predicted octanol–water partition coefficient (Wildman–Crippen LogP) is 1.55. The van der Waals surface area contributed by atoms with Gasteiger partial charge in [0.25, 0.3) is 0 Å². The molecule has 0 saturated carbocycles. The highest BCUT2D eigenvalue weighted by molar-refractivity contribution is 7.91. The zero-order valence-electron chi connectivity index (χ0n) is 9.39. The van der Waals surface area contributed by atoms with Crippen molar-refractivity contribution >= 4 is 15.5 Å². The van der Waals surface area contributed by atoms with Crippen molar-refractivity contribution in [1.82, 2.24) is 0 Å². The number of nitrogens with one attached hydrogen (secondary N) is 1. The second kappa shape index (κ2) is 4.76. The molecule has 1 aliphatic heterocycles. The molecule has 2 rings (SSSR count). The molecule has 4 nitrogen and oxygen atoms in total. The summed E-state index contributed by atoms with van der Waals surface area (Å²) in [6.45, 7) is 0. The van der Waals surface area contributed by atoms with Gasteiger partial charge in [0.2, 0.25) is 0 Å². The summed E-state index contributed by atoms with van der Waals surface area (Å²) >= 11 is 0. The van der Waals surface area contributed by atoms with E-state index in [4.69, 9.17) is 5.26 Å². The highest BCUT2D eigenvalue weighted by atomic mass is 32.2. The lowest BCUT2D eigenvalue weighted by molar-refractivity contribution is 0.562. The number of nitrogens with zero attached hydrogens (tertiary/aromatic N) is 1. The molecule has 1 atom stereocenters. The van der Waals surface area contributed by atoms with Crippen LogP contribution in [0, 0.1) is 11.3 Å². The Kier molecular flexibility index (Phi) is 3.34.